The number of nitrogens with zero attached hydrogens (tertiary/aromatic N) is 1. The molecule has 7 heteroatoms. The number of imide groups is 2. The van der Waals surface area contributed by atoms with Gasteiger partial charge in [-0.05, 0) is 48.8 Å². The van der Waals surface area contributed by atoms with Crippen LogP contribution < -0.4 is 5.32 Å². The van der Waals surface area contributed by atoms with E-state index in [0.717, 1.165) is 23.3 Å². The van der Waals surface area contributed by atoms with Crippen LogP contribution in [0.5, 0.6) is 0 Å². The van der Waals surface area contributed by atoms with Crippen LogP contribution in [-0.2, 0) is 9.59 Å². The first-order chi connectivity index (χ1) is 12.0. The second-order valence-electron chi connectivity index (χ2n) is 6.97. The molecule has 25 heavy (non-hydrogen) atoms. The predicted octanol–water partition coefficient (Wildman–Crippen LogP) is 0.574. The minimum atomic E-state index is -0.934. The molecule has 2 heterocycles. The van der Waals surface area contributed by atoms with Crippen LogP contribution in [0.3, 0.4) is 0 Å². The number of hydrogen-bond acceptors (Lipinski definition) is 5. The summed E-state index contributed by atoms with van der Waals surface area (Å²) in [6.07, 6.45) is 2.01. The minimum Gasteiger partial charge on any atom is -0.396 e. The second-order valence-corrected chi connectivity index (χ2v) is 6.97. The van der Waals surface area contributed by atoms with Crippen LogP contribution in [0.25, 0.3) is 0 Å². The molecule has 0 bridgehead atoms. The van der Waals surface area contributed by atoms with Crippen LogP contribution in [-0.4, -0.2) is 46.3 Å². The molecular formula is C18H18N2O5. The van der Waals surface area contributed by atoms with E-state index in [9.17, 15) is 19.2 Å². The van der Waals surface area contributed by atoms with Gasteiger partial charge in [0.25, 0.3) is 11.8 Å². The van der Waals surface area contributed by atoms with E-state index >= 15 is 0 Å². The van der Waals surface area contributed by atoms with Gasteiger partial charge in [-0.1, -0.05) is 6.07 Å². The number of carbonyl (C=O) groups is 4. The fourth-order valence-corrected chi connectivity index (χ4v) is 3.90. The van der Waals surface area contributed by atoms with E-state index in [0.29, 0.717) is 17.0 Å². The lowest BCUT2D eigenvalue weighted by atomic mass is 9.71. The minimum absolute atomic E-state index is 0.111. The average molecular weight is 342 g/mol. The zero-order valence-corrected chi connectivity index (χ0v) is 13.5. The predicted molar refractivity (Wildman–Crippen MR) is 85.7 cm³/mol. The Bertz CT molecular complexity index is 797. The third kappa shape index (κ3) is 2.46. The molecule has 130 valence electrons. The Labute approximate surface area is 144 Å². The number of rotatable bonds is 3. The van der Waals surface area contributed by atoms with E-state index in [2.05, 4.69) is 5.32 Å². The van der Waals surface area contributed by atoms with Crippen molar-refractivity contribution in [2.75, 3.05) is 6.61 Å². The molecule has 0 radical (unpaired) electrons. The molecule has 4 amide bonds. The number of aliphatic hydroxyl groups excluding tert-OH is 1. The Morgan fingerprint density at radius 1 is 1.08 bits per heavy atom. The first-order valence-electron chi connectivity index (χ1n) is 8.46. The number of aliphatic hydroxyl groups is 1. The smallest absolute Gasteiger partial charge is 0.262 e. The van der Waals surface area contributed by atoms with Gasteiger partial charge in [-0.25, -0.2) is 0 Å². The van der Waals surface area contributed by atoms with Crippen molar-refractivity contribution in [3.8, 4) is 0 Å². The molecule has 7 nitrogen and oxygen atoms in total. The average Bonchev–Trinajstić information content (AvgIpc) is 2.78. The van der Waals surface area contributed by atoms with Gasteiger partial charge in [-0.3, -0.25) is 29.4 Å². The standard InChI is InChI=1S/C18H18N2O5/c21-8-9-5-11(6-9)10-1-2-12-13(7-10)18(25)20(17(12)24)14-3-4-15(22)19-16(14)23/h1-2,7,9,11,14,21H,3-6,8H2,(H,19,22,23). The molecule has 1 saturated carbocycles. The van der Waals surface area contributed by atoms with Gasteiger partial charge in [-0.15, -0.1) is 0 Å². The molecule has 0 spiro atoms. The lowest BCUT2D eigenvalue weighted by Gasteiger charge is -2.34. The van der Waals surface area contributed by atoms with Crippen molar-refractivity contribution in [2.24, 2.45) is 5.92 Å². The second kappa shape index (κ2) is 5.77. The quantitative estimate of drug-likeness (QED) is 0.782. The third-order valence-electron chi connectivity index (χ3n) is 5.43. The van der Waals surface area contributed by atoms with Gasteiger partial charge >= 0.3 is 0 Å². The van der Waals surface area contributed by atoms with E-state index in [-0.39, 0.29) is 31.3 Å². The number of fused-ring (bicyclic) bond motifs is 1. The van der Waals surface area contributed by atoms with Crippen LogP contribution in [0, 0.1) is 5.92 Å². The first kappa shape index (κ1) is 16.0. The van der Waals surface area contributed by atoms with E-state index in [1.807, 2.05) is 6.07 Å². The van der Waals surface area contributed by atoms with Crippen LogP contribution in [0.4, 0.5) is 0 Å². The summed E-state index contributed by atoms with van der Waals surface area (Å²) in [4.78, 5) is 49.6. The lowest BCUT2D eigenvalue weighted by Crippen LogP contribution is -2.54. The summed E-state index contributed by atoms with van der Waals surface area (Å²) in [6.45, 7) is 0.169. The zero-order valence-electron chi connectivity index (χ0n) is 13.5. The molecule has 1 aliphatic carbocycles. The summed E-state index contributed by atoms with van der Waals surface area (Å²) in [7, 11) is 0. The molecule has 1 saturated heterocycles. The SMILES string of the molecule is O=C1CCC(N2C(=O)c3ccc(C4CC(CO)C4)cc3C2=O)C(=O)N1. The number of amides is 4. The van der Waals surface area contributed by atoms with Crippen molar-refractivity contribution in [1.29, 1.82) is 0 Å². The van der Waals surface area contributed by atoms with E-state index in [4.69, 9.17) is 5.11 Å². The molecule has 1 atom stereocenters. The highest BCUT2D eigenvalue weighted by Gasteiger charge is 2.45. The van der Waals surface area contributed by atoms with Gasteiger partial charge in [0.05, 0.1) is 11.1 Å². The maximum Gasteiger partial charge on any atom is 0.262 e. The van der Waals surface area contributed by atoms with Gasteiger partial charge in [0, 0.05) is 13.0 Å². The highest BCUT2D eigenvalue weighted by Crippen LogP contribution is 2.42. The topological polar surface area (TPSA) is 104 Å². The zero-order chi connectivity index (χ0) is 17.7. The lowest BCUT2D eigenvalue weighted by molar-refractivity contribution is -0.136. The van der Waals surface area contributed by atoms with Gasteiger partial charge in [0.15, 0.2) is 0 Å². The monoisotopic (exact) mass is 342 g/mol. The maximum absolute atomic E-state index is 12.7. The van der Waals surface area contributed by atoms with Crippen molar-refractivity contribution in [1.82, 2.24) is 10.2 Å². The van der Waals surface area contributed by atoms with Crippen molar-refractivity contribution in [3.63, 3.8) is 0 Å². The van der Waals surface area contributed by atoms with Crippen molar-refractivity contribution in [3.05, 3.63) is 34.9 Å². The molecule has 1 unspecified atom stereocenters. The number of nitrogens with one attached hydrogen (secondary N) is 1. The summed E-state index contributed by atoms with van der Waals surface area (Å²) >= 11 is 0. The van der Waals surface area contributed by atoms with Gasteiger partial charge < -0.3 is 5.11 Å². The summed E-state index contributed by atoms with van der Waals surface area (Å²) in [5.74, 6) is -1.36. The molecule has 1 aromatic carbocycles. The molecular weight excluding hydrogens is 324 g/mol. The third-order valence-corrected chi connectivity index (χ3v) is 5.43. The van der Waals surface area contributed by atoms with Crippen molar-refractivity contribution in [2.45, 2.75) is 37.6 Å². The molecule has 2 N–H and O–H groups in total. The Kier molecular flexibility index (Phi) is 3.68. The largest absolute Gasteiger partial charge is 0.396 e. The van der Waals surface area contributed by atoms with Gasteiger partial charge in [0.2, 0.25) is 11.8 Å². The molecule has 4 rings (SSSR count). The van der Waals surface area contributed by atoms with Gasteiger partial charge in [0.1, 0.15) is 6.04 Å². The summed E-state index contributed by atoms with van der Waals surface area (Å²) in [5.41, 5.74) is 1.60. The van der Waals surface area contributed by atoms with E-state index < -0.39 is 23.8 Å². The fraction of sp³-hybridized carbons (Fsp3) is 0.444. The van der Waals surface area contributed by atoms with Crippen LogP contribution in [0.1, 0.15) is 57.9 Å². The van der Waals surface area contributed by atoms with Crippen molar-refractivity contribution >= 4 is 23.6 Å². The molecule has 0 aromatic heterocycles. The number of carbonyl (C=O) groups excluding carboxylic acids is 4. The first-order valence-corrected chi connectivity index (χ1v) is 8.46. The fourth-order valence-electron chi connectivity index (χ4n) is 3.90. The highest BCUT2D eigenvalue weighted by molar-refractivity contribution is 6.23. The maximum atomic E-state index is 12.7. The Balaban J connectivity index is 1.59. The Morgan fingerprint density at radius 3 is 2.48 bits per heavy atom. The molecule has 2 fully saturated rings. The van der Waals surface area contributed by atoms with Gasteiger partial charge in [-0.2, -0.15) is 0 Å². The molecule has 3 aliphatic rings. The van der Waals surface area contributed by atoms with Crippen LogP contribution in [0.2, 0.25) is 0 Å². The van der Waals surface area contributed by atoms with E-state index in [1.54, 1.807) is 12.1 Å². The Morgan fingerprint density at radius 2 is 1.80 bits per heavy atom. The summed E-state index contributed by atoms with van der Waals surface area (Å²) < 4.78 is 0. The Hall–Kier alpha value is -2.54. The molecule has 1 aromatic rings. The highest BCUT2D eigenvalue weighted by atomic mass is 16.3. The summed E-state index contributed by atoms with van der Waals surface area (Å²) in [6, 6.07) is 4.29. The van der Waals surface area contributed by atoms with E-state index in [1.165, 1.54) is 0 Å². The molecule has 2 aliphatic heterocycles. The van der Waals surface area contributed by atoms with Crippen LogP contribution in [0.15, 0.2) is 18.2 Å². The number of piperidine rings is 1. The van der Waals surface area contributed by atoms with Crippen molar-refractivity contribution < 1.29 is 24.3 Å². The number of benzene rings is 1. The summed E-state index contributed by atoms with van der Waals surface area (Å²) in [5, 5.41) is 11.3. The van der Waals surface area contributed by atoms with Crippen LogP contribution >= 0.6 is 0 Å². The number of hydrogen-bond donors (Lipinski definition) is 2. The normalized spacial score (nSPS) is 28.7.